The lowest BCUT2D eigenvalue weighted by atomic mass is 9.84. The Hall–Kier alpha value is -0.585. The highest BCUT2D eigenvalue weighted by Crippen LogP contribution is 2.37. The summed E-state index contributed by atoms with van der Waals surface area (Å²) in [7, 11) is -0.343. The molecule has 0 bridgehead atoms. The van der Waals surface area contributed by atoms with Crippen LogP contribution in [0.15, 0.2) is 0 Å². The van der Waals surface area contributed by atoms with Crippen LogP contribution in [-0.2, 0) is 9.31 Å². The van der Waals surface area contributed by atoms with Crippen LogP contribution in [0, 0.1) is 6.92 Å². The zero-order valence-electron chi connectivity index (χ0n) is 13.7. The van der Waals surface area contributed by atoms with Crippen molar-refractivity contribution in [1.29, 1.82) is 0 Å². The van der Waals surface area contributed by atoms with Gasteiger partial charge in [-0.15, -0.1) is 11.3 Å². The second kappa shape index (κ2) is 5.25. The molecule has 1 aromatic rings. The van der Waals surface area contributed by atoms with E-state index in [9.17, 15) is 0 Å². The Bertz CT molecular complexity index is 508. The van der Waals surface area contributed by atoms with Crippen LogP contribution in [0.5, 0.6) is 0 Å². The minimum atomic E-state index is -0.343. The zero-order chi connectivity index (χ0) is 15.3. The molecule has 6 heteroatoms. The maximum atomic E-state index is 6.14. The van der Waals surface area contributed by atoms with Gasteiger partial charge in [0, 0.05) is 18.0 Å². The average molecular weight is 308 g/mol. The molecular weight excluding hydrogens is 283 g/mol. The van der Waals surface area contributed by atoms with Gasteiger partial charge in [0.2, 0.25) is 0 Å². The molecule has 0 aliphatic carbocycles. The molecule has 21 heavy (non-hydrogen) atoms. The van der Waals surface area contributed by atoms with Crippen LogP contribution >= 0.6 is 11.3 Å². The molecule has 2 aliphatic rings. The molecule has 116 valence electrons. The number of rotatable bonds is 2. The van der Waals surface area contributed by atoms with Crippen molar-refractivity contribution in [3.8, 4) is 0 Å². The number of thiazole rings is 1. The van der Waals surface area contributed by atoms with E-state index < -0.39 is 0 Å². The van der Waals surface area contributed by atoms with Gasteiger partial charge in [-0.1, -0.05) is 0 Å². The molecule has 2 fully saturated rings. The number of hydrogen-bond acceptors (Lipinski definition) is 5. The smallest absolute Gasteiger partial charge is 0.398 e. The van der Waals surface area contributed by atoms with Crippen molar-refractivity contribution in [3.05, 3.63) is 4.88 Å². The van der Waals surface area contributed by atoms with E-state index in [0.29, 0.717) is 0 Å². The zero-order valence-corrected chi connectivity index (χ0v) is 14.5. The molecule has 0 amide bonds. The summed E-state index contributed by atoms with van der Waals surface area (Å²) in [6.45, 7) is 12.7. The Morgan fingerprint density at radius 3 is 2.19 bits per heavy atom. The summed E-state index contributed by atoms with van der Waals surface area (Å²) in [5, 5.41) is 1.12. The number of piperidine rings is 1. The van der Waals surface area contributed by atoms with Crippen LogP contribution in [0.2, 0.25) is 0 Å². The molecule has 3 rings (SSSR count). The highest BCUT2D eigenvalue weighted by atomic mass is 32.1. The Morgan fingerprint density at radius 1 is 1.05 bits per heavy atom. The van der Waals surface area contributed by atoms with Gasteiger partial charge in [0.1, 0.15) is 0 Å². The van der Waals surface area contributed by atoms with Crippen LogP contribution in [0.4, 0.5) is 5.13 Å². The van der Waals surface area contributed by atoms with Crippen molar-refractivity contribution in [2.75, 3.05) is 18.0 Å². The molecule has 0 spiro atoms. The van der Waals surface area contributed by atoms with Crippen molar-refractivity contribution in [2.45, 2.75) is 65.1 Å². The molecule has 0 radical (unpaired) electrons. The van der Waals surface area contributed by atoms with Gasteiger partial charge in [-0.2, -0.15) is 0 Å². The first-order valence-electron chi connectivity index (χ1n) is 7.88. The molecule has 0 aromatic carbocycles. The summed E-state index contributed by atoms with van der Waals surface area (Å²) in [4.78, 5) is 8.44. The Kier molecular flexibility index (Phi) is 3.83. The number of nitrogens with zero attached hydrogens (tertiary/aromatic N) is 2. The normalized spacial score (nSPS) is 24.6. The van der Waals surface area contributed by atoms with Crippen LogP contribution in [0.25, 0.3) is 0 Å². The highest BCUT2D eigenvalue weighted by Gasteiger charge is 2.53. The molecule has 3 heterocycles. The monoisotopic (exact) mass is 308 g/mol. The molecule has 0 N–H and O–H groups in total. The van der Waals surface area contributed by atoms with Gasteiger partial charge in [0.25, 0.3) is 0 Å². The van der Waals surface area contributed by atoms with E-state index in [1.165, 1.54) is 24.1 Å². The molecular formula is C15H25BN2O2S. The summed E-state index contributed by atoms with van der Waals surface area (Å²) < 4.78 is 12.3. The second-order valence-electron chi connectivity index (χ2n) is 7.07. The van der Waals surface area contributed by atoms with Crippen molar-refractivity contribution < 1.29 is 9.31 Å². The Balaban J connectivity index is 1.82. The van der Waals surface area contributed by atoms with Gasteiger partial charge in [-0.25, -0.2) is 4.98 Å². The number of hydrogen-bond donors (Lipinski definition) is 0. The topological polar surface area (TPSA) is 34.6 Å². The van der Waals surface area contributed by atoms with E-state index >= 15 is 0 Å². The summed E-state index contributed by atoms with van der Waals surface area (Å²) in [5.74, 6) is 0. The third-order valence-electron chi connectivity index (χ3n) is 4.92. The number of aromatic nitrogens is 1. The van der Waals surface area contributed by atoms with Crippen LogP contribution < -0.4 is 10.5 Å². The van der Waals surface area contributed by atoms with Gasteiger partial charge < -0.3 is 14.2 Å². The molecule has 2 aliphatic heterocycles. The maximum Gasteiger partial charge on any atom is 0.515 e. The van der Waals surface area contributed by atoms with Crippen LogP contribution in [0.3, 0.4) is 0 Å². The van der Waals surface area contributed by atoms with Crippen molar-refractivity contribution in [1.82, 2.24) is 4.98 Å². The summed E-state index contributed by atoms with van der Waals surface area (Å²) in [6, 6.07) is 0. The summed E-state index contributed by atoms with van der Waals surface area (Å²) >= 11 is 1.76. The van der Waals surface area contributed by atoms with Gasteiger partial charge in [0.05, 0.1) is 16.8 Å². The molecule has 0 saturated carbocycles. The van der Waals surface area contributed by atoms with Crippen LogP contribution in [-0.4, -0.2) is 36.4 Å². The van der Waals surface area contributed by atoms with E-state index in [4.69, 9.17) is 14.3 Å². The lowest BCUT2D eigenvalue weighted by Crippen LogP contribution is -2.41. The highest BCUT2D eigenvalue weighted by molar-refractivity contribution is 7.16. The van der Waals surface area contributed by atoms with E-state index in [1.807, 2.05) is 0 Å². The Labute approximate surface area is 132 Å². The fourth-order valence-electron chi connectivity index (χ4n) is 2.79. The largest absolute Gasteiger partial charge is 0.515 e. The number of anilines is 1. The standard InChI is InChI=1S/C15H25BN2O2S/c1-11-12(16-19-14(2,3)15(4,5)20-16)17-13(21-11)18-9-7-6-8-10-18/h6-10H2,1-5H3. The first kappa shape index (κ1) is 15.3. The van der Waals surface area contributed by atoms with E-state index in [-0.39, 0.29) is 18.3 Å². The van der Waals surface area contributed by atoms with Gasteiger partial charge in [0.15, 0.2) is 5.13 Å². The van der Waals surface area contributed by atoms with Crippen molar-refractivity contribution >= 4 is 29.2 Å². The maximum absolute atomic E-state index is 6.14. The number of aryl methyl sites for hydroxylation is 1. The van der Waals surface area contributed by atoms with Crippen molar-refractivity contribution in [2.24, 2.45) is 0 Å². The summed E-state index contributed by atoms with van der Waals surface area (Å²) in [6.07, 6.45) is 3.87. The summed E-state index contributed by atoms with van der Waals surface area (Å²) in [5.41, 5.74) is 0.345. The minimum Gasteiger partial charge on any atom is -0.398 e. The average Bonchev–Trinajstić information content (AvgIpc) is 2.89. The van der Waals surface area contributed by atoms with E-state index in [2.05, 4.69) is 39.5 Å². The third-order valence-corrected chi connectivity index (χ3v) is 5.97. The minimum absolute atomic E-state index is 0.307. The predicted octanol–water partition coefficient (Wildman–Crippen LogP) is 2.74. The quantitative estimate of drug-likeness (QED) is 0.787. The van der Waals surface area contributed by atoms with Crippen molar-refractivity contribution in [3.63, 3.8) is 0 Å². The fourth-order valence-corrected chi connectivity index (χ4v) is 3.76. The molecule has 4 nitrogen and oxygen atoms in total. The van der Waals surface area contributed by atoms with E-state index in [0.717, 1.165) is 23.8 Å². The second-order valence-corrected chi connectivity index (χ2v) is 8.26. The molecule has 0 atom stereocenters. The molecule has 2 saturated heterocycles. The Morgan fingerprint density at radius 2 is 1.62 bits per heavy atom. The third kappa shape index (κ3) is 2.73. The molecule has 0 unspecified atom stereocenters. The van der Waals surface area contributed by atoms with Gasteiger partial charge in [-0.3, -0.25) is 0 Å². The fraction of sp³-hybridized carbons (Fsp3) is 0.800. The lowest BCUT2D eigenvalue weighted by Gasteiger charge is -2.32. The van der Waals surface area contributed by atoms with Gasteiger partial charge in [-0.05, 0) is 53.9 Å². The first-order valence-corrected chi connectivity index (χ1v) is 8.70. The first-order chi connectivity index (χ1) is 9.80. The van der Waals surface area contributed by atoms with E-state index in [1.54, 1.807) is 11.3 Å². The predicted molar refractivity (Wildman–Crippen MR) is 88.6 cm³/mol. The van der Waals surface area contributed by atoms with Gasteiger partial charge >= 0.3 is 7.12 Å². The SMILES string of the molecule is Cc1sc(N2CCCCC2)nc1B1OC(C)(C)C(C)(C)O1. The lowest BCUT2D eigenvalue weighted by molar-refractivity contribution is 0.00578. The van der Waals surface area contributed by atoms with Crippen LogP contribution in [0.1, 0.15) is 51.8 Å². The molecule has 1 aromatic heterocycles.